The predicted molar refractivity (Wildman–Crippen MR) is 252 cm³/mol. The zero-order chi connectivity index (χ0) is 52.1. The van der Waals surface area contributed by atoms with Crippen LogP contribution in [-0.4, -0.2) is 97.6 Å². The van der Waals surface area contributed by atoms with Gasteiger partial charge in [0.25, 0.3) is 5.91 Å². The Morgan fingerprint density at radius 3 is 1.54 bits per heavy atom. The first-order valence-electron chi connectivity index (χ1n) is 21.6. The Balaban J connectivity index is 0.000000251. The van der Waals surface area contributed by atoms with E-state index in [0.29, 0.717) is 65.0 Å². The molecule has 0 saturated carbocycles. The summed E-state index contributed by atoms with van der Waals surface area (Å²) in [5.74, 6) is -13.1. The smallest absolute Gasteiger partial charge is 0.323 e. The van der Waals surface area contributed by atoms with E-state index in [0.717, 1.165) is 70.3 Å². The van der Waals surface area contributed by atoms with Gasteiger partial charge in [-0.1, -0.05) is 25.6 Å². The Morgan fingerprint density at radius 2 is 1.12 bits per heavy atom. The molecule has 1 aliphatic heterocycles. The molecule has 1 fully saturated rings. The SMILES string of the molecule is C.N#Cc1ccc(N2CCN(C(=O)c3ccc(-c4ccc(C(F)(F)[C@](O)(Cn5cnnn5)c5ccc(F)cc5F)nc4)cc3)CC2)cc1.O[C@@](Cn1cnnn1)(c1ccc(F)cc1F)C(F)(F)c1ccc(Br)cn1. The van der Waals surface area contributed by atoms with Crippen molar-refractivity contribution < 1.29 is 50.1 Å². The molecule has 0 radical (unpaired) electrons. The Bertz CT molecular complexity index is 3220. The maximum Gasteiger partial charge on any atom is 0.323 e. The minimum atomic E-state index is -4.18. The normalized spacial score (nSPS) is 14.4. The van der Waals surface area contributed by atoms with Crippen molar-refractivity contribution in [1.29, 1.82) is 5.26 Å². The van der Waals surface area contributed by atoms with Crippen molar-refractivity contribution in [2.75, 3.05) is 31.1 Å². The first-order valence-corrected chi connectivity index (χ1v) is 22.4. The van der Waals surface area contributed by atoms with Crippen LogP contribution in [0, 0.1) is 34.6 Å². The van der Waals surface area contributed by atoms with Gasteiger partial charge in [-0.05, 0) is 121 Å². The van der Waals surface area contributed by atoms with E-state index in [1.165, 1.54) is 18.3 Å². The van der Waals surface area contributed by atoms with Crippen molar-refractivity contribution in [3.63, 3.8) is 0 Å². The summed E-state index contributed by atoms with van der Waals surface area (Å²) >= 11 is 3.07. The molecule has 8 aromatic rings. The molecule has 2 N–H and O–H groups in total. The highest BCUT2D eigenvalue weighted by Crippen LogP contribution is 2.48. The Hall–Kier alpha value is -8.08. The minimum absolute atomic E-state index is 0. The van der Waals surface area contributed by atoms with Gasteiger partial charge >= 0.3 is 11.8 Å². The summed E-state index contributed by atoms with van der Waals surface area (Å²) in [6, 6.07) is 24.6. The lowest BCUT2D eigenvalue weighted by Gasteiger charge is -2.36. The topological polar surface area (TPSA) is 201 Å². The van der Waals surface area contributed by atoms with Gasteiger partial charge in [-0.15, -0.1) is 10.2 Å². The monoisotopic (exact) mass is 1090 g/mol. The van der Waals surface area contributed by atoms with Gasteiger partial charge in [0.2, 0.25) is 0 Å². The molecule has 16 nitrogen and oxygen atoms in total. The summed E-state index contributed by atoms with van der Waals surface area (Å²) in [5.41, 5.74) is -6.65. The largest absolute Gasteiger partial charge is 0.377 e. The number of piperazine rings is 1. The summed E-state index contributed by atoms with van der Waals surface area (Å²) in [6.45, 7) is 0.448. The summed E-state index contributed by atoms with van der Waals surface area (Å²) in [7, 11) is 0. The van der Waals surface area contributed by atoms with E-state index in [-0.39, 0.29) is 13.3 Å². The molecule has 382 valence electrons. The van der Waals surface area contributed by atoms with Gasteiger partial charge in [0, 0.05) is 83.1 Å². The Labute approximate surface area is 424 Å². The highest BCUT2D eigenvalue weighted by Gasteiger charge is 2.59. The molecule has 0 unspecified atom stereocenters. The van der Waals surface area contributed by atoms with Crippen LogP contribution in [0.15, 0.2) is 139 Å². The molecule has 0 aliphatic carbocycles. The van der Waals surface area contributed by atoms with E-state index < -0.39 is 81.9 Å². The quantitative estimate of drug-likeness (QED) is 0.106. The summed E-state index contributed by atoms with van der Waals surface area (Å²) < 4.78 is 120. The first kappa shape index (κ1) is 53.7. The van der Waals surface area contributed by atoms with Crippen LogP contribution in [0.4, 0.5) is 40.8 Å². The lowest BCUT2D eigenvalue weighted by molar-refractivity contribution is -0.207. The van der Waals surface area contributed by atoms with Gasteiger partial charge < -0.3 is 20.0 Å². The molecule has 74 heavy (non-hydrogen) atoms. The molecule has 1 aliphatic rings. The van der Waals surface area contributed by atoms with Crippen LogP contribution < -0.4 is 4.90 Å². The fraction of sp³-hybridized carbons (Fsp3) is 0.224. The van der Waals surface area contributed by atoms with Gasteiger partial charge in [0.1, 0.15) is 47.3 Å². The van der Waals surface area contributed by atoms with Crippen molar-refractivity contribution in [3.8, 4) is 17.2 Å². The number of anilines is 1. The van der Waals surface area contributed by atoms with Crippen LogP contribution in [0.2, 0.25) is 0 Å². The number of nitriles is 1. The van der Waals surface area contributed by atoms with Crippen LogP contribution in [0.3, 0.4) is 0 Å². The highest BCUT2D eigenvalue weighted by atomic mass is 79.9. The molecule has 4 aromatic carbocycles. The molecule has 4 aromatic heterocycles. The van der Waals surface area contributed by atoms with Crippen molar-refractivity contribution in [2.45, 2.75) is 43.6 Å². The average Bonchev–Trinajstić information content (AvgIpc) is 4.11. The summed E-state index contributed by atoms with van der Waals surface area (Å²) in [6.07, 6.45) is 4.25. The number of hydrogen-bond acceptors (Lipinski definition) is 13. The summed E-state index contributed by atoms with van der Waals surface area (Å²) in [4.78, 5) is 24.6. The number of aromatic nitrogens is 10. The average molecular weight is 1090 g/mol. The van der Waals surface area contributed by atoms with Crippen molar-refractivity contribution in [1.82, 2.24) is 55.3 Å². The minimum Gasteiger partial charge on any atom is -0.377 e. The number of aliphatic hydroxyl groups is 2. The highest BCUT2D eigenvalue weighted by molar-refractivity contribution is 9.10. The third-order valence-corrected chi connectivity index (χ3v) is 12.4. The number of rotatable bonds is 13. The number of halogens is 9. The lowest BCUT2D eigenvalue weighted by Crippen LogP contribution is -2.48. The van der Waals surface area contributed by atoms with Gasteiger partial charge in [0.15, 0.2) is 11.2 Å². The predicted octanol–water partition coefficient (Wildman–Crippen LogP) is 7.95. The number of tetrazole rings is 2. The standard InChI is InChI=1S/C33H26F4N8O2.C15H10BrF4N5O.CH4/c34-26-8-11-28(29(35)17-26)32(47,20-45-21-40-41-42-45)33(36,37)30-12-7-25(19-39-30)23-3-5-24(6-4-23)31(46)44-15-13-43(14-16-44)27-9-1-22(18-38)2-10-27;16-9-1-4-13(21-6-9)15(19,20)14(26,7-25-8-22-23-24-25)11-3-2-10(17)5-12(11)18;/h1-12,17,19,21,47H,13-16,20H2;1-6,8,26H,7H2;1H4/t32-;14-;/m00./s1. The molecule has 5 heterocycles. The lowest BCUT2D eigenvalue weighted by atomic mass is 9.84. The van der Waals surface area contributed by atoms with Crippen LogP contribution in [0.1, 0.15) is 45.9 Å². The number of amides is 1. The number of carbonyl (C=O) groups excluding carboxylic acids is 1. The number of hydrogen-bond donors (Lipinski definition) is 2. The third kappa shape index (κ3) is 11.0. The number of nitrogens with zero attached hydrogens (tertiary/aromatic N) is 13. The van der Waals surface area contributed by atoms with Crippen LogP contribution in [0.25, 0.3) is 11.1 Å². The zero-order valence-corrected chi connectivity index (χ0v) is 39.0. The molecule has 0 bridgehead atoms. The van der Waals surface area contributed by atoms with Gasteiger partial charge in [-0.2, -0.15) is 22.8 Å². The number of alkyl halides is 4. The maximum atomic E-state index is 16.1. The molecular formula is C49H40BrF8N13O3. The first-order chi connectivity index (χ1) is 34.8. The van der Waals surface area contributed by atoms with E-state index in [9.17, 15) is 32.6 Å². The van der Waals surface area contributed by atoms with E-state index in [2.05, 4.69) is 67.9 Å². The number of benzene rings is 4. The van der Waals surface area contributed by atoms with Crippen LogP contribution in [0.5, 0.6) is 0 Å². The van der Waals surface area contributed by atoms with Crippen LogP contribution >= 0.6 is 15.9 Å². The molecule has 9 rings (SSSR count). The zero-order valence-electron chi connectivity index (χ0n) is 37.5. The molecule has 1 saturated heterocycles. The van der Waals surface area contributed by atoms with E-state index in [1.807, 2.05) is 12.1 Å². The van der Waals surface area contributed by atoms with Crippen LogP contribution in [-0.2, 0) is 36.1 Å². The molecule has 0 spiro atoms. The second kappa shape index (κ2) is 22.0. The van der Waals surface area contributed by atoms with E-state index >= 15 is 17.6 Å². The molecule has 25 heteroatoms. The van der Waals surface area contributed by atoms with Gasteiger partial charge in [0.05, 0.1) is 24.7 Å². The second-order valence-electron chi connectivity index (χ2n) is 16.4. The number of carbonyl (C=O) groups is 1. The Kier molecular flexibility index (Phi) is 15.9. The second-order valence-corrected chi connectivity index (χ2v) is 17.4. The van der Waals surface area contributed by atoms with Crippen molar-refractivity contribution >= 4 is 27.5 Å². The van der Waals surface area contributed by atoms with Gasteiger partial charge in [-0.3, -0.25) is 14.8 Å². The molecule has 2 atom stereocenters. The van der Waals surface area contributed by atoms with Gasteiger partial charge in [-0.25, -0.2) is 26.9 Å². The molecular weight excluding hydrogens is 1050 g/mol. The van der Waals surface area contributed by atoms with Crippen molar-refractivity contribution in [3.05, 3.63) is 196 Å². The van der Waals surface area contributed by atoms with E-state index in [4.69, 9.17) is 5.26 Å². The van der Waals surface area contributed by atoms with Crippen molar-refractivity contribution in [2.24, 2.45) is 0 Å². The fourth-order valence-corrected chi connectivity index (χ4v) is 8.20. The maximum absolute atomic E-state index is 16.1. The fourth-order valence-electron chi connectivity index (χ4n) is 7.97. The summed E-state index contributed by atoms with van der Waals surface area (Å²) in [5, 5.41) is 51.6. The third-order valence-electron chi connectivity index (χ3n) is 11.9. The number of pyridine rings is 2. The molecule has 1 amide bonds. The Morgan fingerprint density at radius 1 is 0.635 bits per heavy atom. The van der Waals surface area contributed by atoms with E-state index in [1.54, 1.807) is 41.3 Å².